The average molecular weight is 557 g/mol. The molecule has 0 bridgehead atoms. The van der Waals surface area contributed by atoms with E-state index < -0.39 is 0 Å². The number of hydrogen-bond acceptors (Lipinski definition) is 4. The van der Waals surface area contributed by atoms with E-state index in [0.29, 0.717) is 24.8 Å². The van der Waals surface area contributed by atoms with E-state index >= 15 is 0 Å². The van der Waals surface area contributed by atoms with E-state index in [1.807, 2.05) is 18.7 Å². The van der Waals surface area contributed by atoms with Crippen molar-refractivity contribution in [3.8, 4) is 0 Å². The molecule has 8 heteroatoms. The summed E-state index contributed by atoms with van der Waals surface area (Å²) in [6.45, 7) is 8.17. The quantitative estimate of drug-likeness (QED) is 0.158. The maximum atomic E-state index is 12.1. The fourth-order valence-corrected chi connectivity index (χ4v) is 4.52. The third kappa shape index (κ3) is 8.07. The number of hydrogen-bond donors (Lipinski definition) is 2. The number of furan rings is 1. The molecule has 1 amide bonds. The summed E-state index contributed by atoms with van der Waals surface area (Å²) >= 11 is 1.94. The molecule has 2 heterocycles. The van der Waals surface area contributed by atoms with Crippen LogP contribution < -0.4 is 10.6 Å². The molecule has 31 heavy (non-hydrogen) atoms. The summed E-state index contributed by atoms with van der Waals surface area (Å²) < 4.78 is 5.22. The van der Waals surface area contributed by atoms with Gasteiger partial charge in [0.05, 0.1) is 6.26 Å². The molecule has 1 aliphatic heterocycles. The lowest BCUT2D eigenvalue weighted by molar-refractivity contribution is 0.0925. The van der Waals surface area contributed by atoms with E-state index in [0.717, 1.165) is 43.3 Å². The Morgan fingerprint density at radius 2 is 2.06 bits per heavy atom. The highest BCUT2D eigenvalue weighted by Crippen LogP contribution is 2.25. The standard InChI is InChI=1S/C23H32N4O2S.HI/c1-3-24-23(26-13-7-12-25-22(28)21-18(2)11-15-29-21)27-14-10-19(16-27)17-30-20-8-5-4-6-9-20;/h4-6,8-9,11,15,19H,3,7,10,12-14,16-17H2,1-2H3,(H,24,26)(H,25,28);1H. The molecule has 6 nitrogen and oxygen atoms in total. The third-order valence-corrected chi connectivity index (χ3v) is 6.34. The molecule has 2 aromatic rings. The number of guanidine groups is 1. The molecule has 2 N–H and O–H groups in total. The van der Waals surface area contributed by atoms with Crippen LogP contribution in [0.2, 0.25) is 0 Å². The van der Waals surface area contributed by atoms with Gasteiger partial charge in [-0.2, -0.15) is 0 Å². The molecule has 1 aromatic carbocycles. The van der Waals surface area contributed by atoms with Gasteiger partial charge in [-0.15, -0.1) is 35.7 Å². The zero-order chi connectivity index (χ0) is 21.2. The molecule has 170 valence electrons. The highest BCUT2D eigenvalue weighted by atomic mass is 127. The van der Waals surface area contributed by atoms with Crippen LogP contribution in [0.5, 0.6) is 0 Å². The Bertz CT molecular complexity index is 828. The van der Waals surface area contributed by atoms with Crippen molar-refractivity contribution in [3.63, 3.8) is 0 Å². The lowest BCUT2D eigenvalue weighted by Gasteiger charge is -2.21. The van der Waals surface area contributed by atoms with Crippen LogP contribution >= 0.6 is 35.7 Å². The number of halogens is 1. The number of benzene rings is 1. The number of rotatable bonds is 9. The summed E-state index contributed by atoms with van der Waals surface area (Å²) in [6.07, 6.45) is 3.53. The van der Waals surface area contributed by atoms with Crippen molar-refractivity contribution in [1.82, 2.24) is 15.5 Å². The number of aliphatic imine (C=N–C) groups is 1. The van der Waals surface area contributed by atoms with E-state index in [1.165, 1.54) is 11.3 Å². The summed E-state index contributed by atoms with van der Waals surface area (Å²) in [5, 5.41) is 6.32. The highest BCUT2D eigenvalue weighted by Gasteiger charge is 2.24. The van der Waals surface area contributed by atoms with Gasteiger partial charge in [0, 0.05) is 48.9 Å². The number of likely N-dealkylation sites (tertiary alicyclic amines) is 1. The number of carbonyl (C=O) groups excluding carboxylic acids is 1. The second kappa shape index (κ2) is 13.7. The number of nitrogens with one attached hydrogen (secondary N) is 2. The van der Waals surface area contributed by atoms with Crippen LogP contribution in [0.15, 0.2) is 57.0 Å². The number of thioether (sulfide) groups is 1. The number of carbonyl (C=O) groups is 1. The Hall–Kier alpha value is -1.68. The van der Waals surface area contributed by atoms with Gasteiger partial charge in [0.15, 0.2) is 11.7 Å². The van der Waals surface area contributed by atoms with E-state index in [2.05, 4.69) is 52.8 Å². The topological polar surface area (TPSA) is 69.9 Å². The second-order valence-corrected chi connectivity index (χ2v) is 8.60. The predicted octanol–water partition coefficient (Wildman–Crippen LogP) is 4.41. The lowest BCUT2D eigenvalue weighted by atomic mass is 10.2. The first-order valence-electron chi connectivity index (χ1n) is 10.7. The molecule has 1 aromatic heterocycles. The average Bonchev–Trinajstić information content (AvgIpc) is 3.41. The summed E-state index contributed by atoms with van der Waals surface area (Å²) in [7, 11) is 0. The zero-order valence-electron chi connectivity index (χ0n) is 18.3. The van der Waals surface area contributed by atoms with Crippen LogP contribution in [0.3, 0.4) is 0 Å². The SMILES string of the molecule is CCNC(=NCCCNC(=O)c1occc1C)N1CCC(CSc2ccccc2)C1.I. The van der Waals surface area contributed by atoms with Gasteiger partial charge < -0.3 is 20.0 Å². The molecule has 1 aliphatic rings. The van der Waals surface area contributed by atoms with Gasteiger partial charge in [-0.25, -0.2) is 0 Å². The lowest BCUT2D eigenvalue weighted by Crippen LogP contribution is -2.40. The Morgan fingerprint density at radius 3 is 2.77 bits per heavy atom. The van der Waals surface area contributed by atoms with E-state index in [4.69, 9.17) is 9.41 Å². The summed E-state index contributed by atoms with van der Waals surface area (Å²) in [4.78, 5) is 20.5. The zero-order valence-corrected chi connectivity index (χ0v) is 21.4. The Labute approximate surface area is 206 Å². The summed E-state index contributed by atoms with van der Waals surface area (Å²) in [5.74, 6) is 3.03. The predicted molar refractivity (Wildman–Crippen MR) is 139 cm³/mol. The van der Waals surface area contributed by atoms with Gasteiger partial charge in [0.2, 0.25) is 0 Å². The molecule has 0 aliphatic carbocycles. The first-order chi connectivity index (χ1) is 14.7. The van der Waals surface area contributed by atoms with Gasteiger partial charge in [-0.05, 0) is 50.8 Å². The molecule has 1 atom stereocenters. The fraction of sp³-hybridized carbons (Fsp3) is 0.478. The molecular formula is C23H33IN4O2S. The van der Waals surface area contributed by atoms with Crippen molar-refractivity contribution < 1.29 is 9.21 Å². The van der Waals surface area contributed by atoms with Crippen LogP contribution in [0.1, 0.15) is 35.9 Å². The largest absolute Gasteiger partial charge is 0.459 e. The smallest absolute Gasteiger partial charge is 0.287 e. The van der Waals surface area contributed by atoms with Crippen molar-refractivity contribution in [2.45, 2.75) is 31.6 Å². The molecule has 0 spiro atoms. The van der Waals surface area contributed by atoms with Gasteiger partial charge >= 0.3 is 0 Å². The minimum absolute atomic E-state index is 0. The van der Waals surface area contributed by atoms with Crippen molar-refractivity contribution in [2.75, 3.05) is 38.5 Å². The maximum Gasteiger partial charge on any atom is 0.287 e. The van der Waals surface area contributed by atoms with Crippen molar-refractivity contribution in [3.05, 3.63) is 54.0 Å². The van der Waals surface area contributed by atoms with Crippen LogP contribution in [0, 0.1) is 12.8 Å². The maximum absolute atomic E-state index is 12.1. The summed E-state index contributed by atoms with van der Waals surface area (Å²) in [5.41, 5.74) is 0.856. The Kier molecular flexibility index (Phi) is 11.3. The number of aryl methyl sites for hydroxylation is 1. The van der Waals surface area contributed by atoms with Crippen LogP contribution in [0.25, 0.3) is 0 Å². The first-order valence-corrected chi connectivity index (χ1v) is 11.7. The van der Waals surface area contributed by atoms with Crippen molar-refractivity contribution in [2.24, 2.45) is 10.9 Å². The molecule has 1 fully saturated rings. The number of amides is 1. The van der Waals surface area contributed by atoms with Crippen LogP contribution in [-0.4, -0.2) is 55.2 Å². The third-order valence-electron chi connectivity index (χ3n) is 5.10. The van der Waals surface area contributed by atoms with E-state index in [9.17, 15) is 4.79 Å². The Balaban J connectivity index is 0.00000341. The Morgan fingerprint density at radius 1 is 1.26 bits per heavy atom. The highest BCUT2D eigenvalue weighted by molar-refractivity contribution is 14.0. The number of nitrogens with zero attached hydrogens (tertiary/aromatic N) is 2. The monoisotopic (exact) mass is 556 g/mol. The van der Waals surface area contributed by atoms with E-state index in [-0.39, 0.29) is 29.9 Å². The normalized spacial score (nSPS) is 16.1. The molecule has 0 saturated carbocycles. The van der Waals surface area contributed by atoms with Crippen molar-refractivity contribution >= 4 is 47.6 Å². The van der Waals surface area contributed by atoms with Crippen molar-refractivity contribution in [1.29, 1.82) is 0 Å². The molecular weight excluding hydrogens is 523 g/mol. The fourth-order valence-electron chi connectivity index (χ4n) is 3.47. The molecule has 3 rings (SSSR count). The van der Waals surface area contributed by atoms with Gasteiger partial charge in [-0.3, -0.25) is 9.79 Å². The van der Waals surface area contributed by atoms with Gasteiger partial charge in [-0.1, -0.05) is 18.2 Å². The van der Waals surface area contributed by atoms with Gasteiger partial charge in [0.1, 0.15) is 0 Å². The van der Waals surface area contributed by atoms with Crippen LogP contribution in [-0.2, 0) is 0 Å². The van der Waals surface area contributed by atoms with Gasteiger partial charge in [0.25, 0.3) is 5.91 Å². The molecule has 0 radical (unpaired) electrons. The molecule has 1 saturated heterocycles. The molecule has 1 unspecified atom stereocenters. The minimum Gasteiger partial charge on any atom is -0.459 e. The summed E-state index contributed by atoms with van der Waals surface area (Å²) in [6, 6.07) is 12.4. The second-order valence-electron chi connectivity index (χ2n) is 7.50. The van der Waals surface area contributed by atoms with Crippen LogP contribution in [0.4, 0.5) is 0 Å². The first kappa shape index (κ1) is 25.6. The van der Waals surface area contributed by atoms with E-state index in [1.54, 1.807) is 12.3 Å². The minimum atomic E-state index is -0.160.